The first-order valence-electron chi connectivity index (χ1n) is 15.3. The van der Waals surface area contributed by atoms with Gasteiger partial charge < -0.3 is 14.4 Å². The van der Waals surface area contributed by atoms with Gasteiger partial charge in [0.25, 0.3) is 5.91 Å². The minimum Gasteiger partial charge on any atom is -0.467 e. The maximum atomic E-state index is 14.6. The molecule has 2 aliphatic heterocycles. The van der Waals surface area contributed by atoms with Crippen LogP contribution in [0.3, 0.4) is 0 Å². The lowest BCUT2D eigenvalue weighted by Gasteiger charge is -2.55. The maximum Gasteiger partial charge on any atom is 0.325 e. The fourth-order valence-corrected chi connectivity index (χ4v) is 6.97. The van der Waals surface area contributed by atoms with E-state index in [1.54, 1.807) is 25.1 Å². The molecule has 0 aromatic heterocycles. The maximum absolute atomic E-state index is 14.6. The Bertz CT molecular complexity index is 1220. The molecule has 11 heteroatoms. The molecule has 4 atom stereocenters. The number of ether oxygens (including phenoxy) is 2. The highest BCUT2D eigenvalue weighted by Crippen LogP contribution is 2.47. The van der Waals surface area contributed by atoms with Crippen LogP contribution in [-0.4, -0.2) is 74.1 Å². The van der Waals surface area contributed by atoms with Gasteiger partial charge in [-0.25, -0.2) is 9.79 Å². The van der Waals surface area contributed by atoms with E-state index in [2.05, 4.69) is 6.58 Å². The number of imide groups is 1. The summed E-state index contributed by atoms with van der Waals surface area (Å²) < 4.78 is 17.2. The first kappa shape index (κ1) is 32.9. The molecule has 1 saturated carbocycles. The third-order valence-corrected chi connectivity index (χ3v) is 9.32. The highest BCUT2D eigenvalue weighted by atomic mass is 28.3. The van der Waals surface area contributed by atoms with Crippen LogP contribution < -0.4 is 4.74 Å². The molecule has 1 aromatic rings. The van der Waals surface area contributed by atoms with Gasteiger partial charge in [-0.2, -0.15) is 0 Å². The van der Waals surface area contributed by atoms with Gasteiger partial charge in [0, 0.05) is 18.8 Å². The second-order valence-electron chi connectivity index (χ2n) is 13.2. The van der Waals surface area contributed by atoms with Crippen LogP contribution in [0, 0.1) is 23.2 Å². The average molecular weight is 615 g/mol. The van der Waals surface area contributed by atoms with Crippen molar-refractivity contribution in [3.05, 3.63) is 42.5 Å². The van der Waals surface area contributed by atoms with Gasteiger partial charge in [-0.3, -0.25) is 23.8 Å². The van der Waals surface area contributed by atoms with E-state index in [9.17, 15) is 19.2 Å². The lowest BCUT2D eigenvalue weighted by molar-refractivity contribution is -0.240. The summed E-state index contributed by atoms with van der Waals surface area (Å²) in [6, 6.07) is 6.32. The number of esters is 1. The molecular weight excluding hydrogens is 568 g/mol. The normalized spacial score (nSPS) is 22.9. The fourth-order valence-electron chi connectivity index (χ4n) is 6.62. The van der Waals surface area contributed by atoms with Crippen molar-refractivity contribution in [2.75, 3.05) is 19.8 Å². The number of carbonyl (C=O) groups is 4. The van der Waals surface area contributed by atoms with E-state index in [1.165, 1.54) is 15.9 Å². The second kappa shape index (κ2) is 13.3. The van der Waals surface area contributed by atoms with Crippen molar-refractivity contribution in [1.29, 1.82) is 0 Å². The zero-order chi connectivity index (χ0) is 31.5. The van der Waals surface area contributed by atoms with Crippen LogP contribution >= 0.6 is 0 Å². The monoisotopic (exact) mass is 614 g/mol. The van der Waals surface area contributed by atoms with Gasteiger partial charge >= 0.3 is 5.97 Å². The quantitative estimate of drug-likeness (QED) is 0.0895. The summed E-state index contributed by atoms with van der Waals surface area (Å²) in [4.78, 5) is 63.4. The second-order valence-corrected chi connectivity index (χ2v) is 15.5. The van der Waals surface area contributed by atoms with Gasteiger partial charge in [0.15, 0.2) is 5.72 Å². The van der Waals surface area contributed by atoms with Crippen molar-refractivity contribution in [3.8, 4) is 5.75 Å². The Hall–Kier alpha value is -3.02. The van der Waals surface area contributed by atoms with E-state index in [-0.39, 0.29) is 31.6 Å². The number of hydrogen-bond acceptors (Lipinski definition) is 8. The molecule has 4 rings (SSSR count). The Morgan fingerprint density at radius 1 is 1.16 bits per heavy atom. The predicted molar refractivity (Wildman–Crippen MR) is 162 cm³/mol. The van der Waals surface area contributed by atoms with Crippen LogP contribution in [0.4, 0.5) is 0 Å². The summed E-state index contributed by atoms with van der Waals surface area (Å²) in [6.07, 6.45) is 5.16. The molecule has 1 saturated heterocycles. The predicted octanol–water partition coefficient (Wildman–Crippen LogP) is 4.49. The number of likely N-dealkylation sites (tertiary alicyclic amines) is 1. The first-order chi connectivity index (χ1) is 20.3. The Kier molecular flexibility index (Phi) is 10.2. The number of fused-ring (bicyclic) bond motifs is 1. The summed E-state index contributed by atoms with van der Waals surface area (Å²) in [6.45, 7) is 15.2. The van der Waals surface area contributed by atoms with Gasteiger partial charge in [0.05, 0.1) is 30.0 Å². The third-order valence-electron chi connectivity index (χ3n) is 8.80. The lowest BCUT2D eigenvalue weighted by atomic mass is 9.64. The van der Waals surface area contributed by atoms with Crippen LogP contribution in [0.1, 0.15) is 70.2 Å². The molecular formula is C32H46N2O8Si. The third kappa shape index (κ3) is 6.73. The van der Waals surface area contributed by atoms with Crippen LogP contribution in [0.25, 0.3) is 0 Å². The number of nitrogens with zero attached hydrogens (tertiary/aromatic N) is 2. The summed E-state index contributed by atoms with van der Waals surface area (Å²) in [7, 11) is -1.49. The van der Waals surface area contributed by atoms with Crippen LogP contribution in [0.15, 0.2) is 36.9 Å². The summed E-state index contributed by atoms with van der Waals surface area (Å²) in [5.41, 5.74) is -1.15. The molecule has 0 N–H and O–H groups in total. The highest BCUT2D eigenvalue weighted by Gasteiger charge is 2.60. The van der Waals surface area contributed by atoms with Crippen molar-refractivity contribution in [2.45, 2.75) is 84.7 Å². The smallest absolute Gasteiger partial charge is 0.325 e. The fraction of sp³-hybridized carbons (Fsp3) is 0.625. The lowest BCUT2D eigenvalue weighted by Crippen LogP contribution is -2.71. The van der Waals surface area contributed by atoms with Crippen LogP contribution in [-0.2, 0) is 28.6 Å². The number of β-lactam (4-membered cyclic amide) rings is 1. The molecule has 0 radical (unpaired) electrons. The SMILES string of the molecule is C=CCOC(=O)CN1C(=O)[C@@H]([C@@H](COO[SiH](C)C)C(C)(C)C)[C@H]1[C@@H](C)C(=O)N1C(=O)c2ccccc2OC12CCCCC2. The molecule has 2 fully saturated rings. The van der Waals surface area contributed by atoms with Gasteiger partial charge in [0.1, 0.15) is 18.9 Å². The zero-order valence-electron chi connectivity index (χ0n) is 26.3. The van der Waals surface area contributed by atoms with Gasteiger partial charge in [-0.15, -0.1) is 0 Å². The van der Waals surface area contributed by atoms with Crippen molar-refractivity contribution in [1.82, 2.24) is 9.80 Å². The Morgan fingerprint density at radius 2 is 1.84 bits per heavy atom. The number of hydrogen-bond donors (Lipinski definition) is 0. The molecule has 0 unspecified atom stereocenters. The molecule has 3 aliphatic rings. The topological polar surface area (TPSA) is 112 Å². The van der Waals surface area contributed by atoms with Crippen molar-refractivity contribution < 1.29 is 38.1 Å². The molecule has 43 heavy (non-hydrogen) atoms. The molecule has 3 amide bonds. The molecule has 1 aliphatic carbocycles. The van der Waals surface area contributed by atoms with Crippen molar-refractivity contribution in [3.63, 3.8) is 0 Å². The molecule has 0 bridgehead atoms. The molecule has 10 nitrogen and oxygen atoms in total. The van der Waals surface area contributed by atoms with E-state index < -0.39 is 55.8 Å². The number of rotatable bonds is 11. The Balaban J connectivity index is 1.70. The van der Waals surface area contributed by atoms with Gasteiger partial charge in [-0.05, 0) is 43.5 Å². The molecule has 1 aromatic carbocycles. The van der Waals surface area contributed by atoms with Crippen LogP contribution in [0.5, 0.6) is 5.75 Å². The summed E-state index contributed by atoms with van der Waals surface area (Å²) in [5, 5.41) is 0. The molecule has 2 heterocycles. The highest BCUT2D eigenvalue weighted by molar-refractivity contribution is 6.48. The average Bonchev–Trinajstić information content (AvgIpc) is 2.95. The first-order valence-corrected chi connectivity index (χ1v) is 18.1. The number of benzene rings is 1. The van der Waals surface area contributed by atoms with E-state index in [0.717, 1.165) is 19.3 Å². The number of para-hydroxylation sites is 1. The van der Waals surface area contributed by atoms with Gasteiger partial charge in [0.2, 0.25) is 20.9 Å². The standard InChI is InChI=1S/C32H46N2O8Si/c1-8-18-39-25(35)19-33-27(26(30(33)38)23(31(3,4)5)20-40-42-43(6)7)21(2)28(36)34-29(37)22-14-10-11-15-24(22)41-32(34)16-12-9-13-17-32/h8,10-11,14-15,21,23,26-27,43H,1,9,12-13,16-20H2,2-7H3/t21-,23-,26+,27-/m1/s1. The van der Waals surface area contributed by atoms with Crippen molar-refractivity contribution >= 4 is 32.7 Å². The van der Waals surface area contributed by atoms with Crippen LogP contribution in [0.2, 0.25) is 13.1 Å². The Morgan fingerprint density at radius 3 is 2.47 bits per heavy atom. The van der Waals surface area contributed by atoms with E-state index in [1.807, 2.05) is 39.9 Å². The Labute approximate surface area is 256 Å². The minimum absolute atomic E-state index is 0.0138. The van der Waals surface area contributed by atoms with Crippen molar-refractivity contribution in [2.24, 2.45) is 23.2 Å². The number of amides is 3. The van der Waals surface area contributed by atoms with E-state index >= 15 is 0 Å². The number of carbonyl (C=O) groups excluding carboxylic acids is 4. The summed E-state index contributed by atoms with van der Waals surface area (Å²) in [5.74, 6) is -2.98. The zero-order valence-corrected chi connectivity index (χ0v) is 27.5. The largest absolute Gasteiger partial charge is 0.467 e. The van der Waals surface area contributed by atoms with E-state index in [0.29, 0.717) is 24.2 Å². The summed E-state index contributed by atoms with van der Waals surface area (Å²) >= 11 is 0. The minimum atomic E-state index is -1.49. The molecule has 1 spiro atoms. The van der Waals surface area contributed by atoms with E-state index in [4.69, 9.17) is 18.9 Å². The van der Waals surface area contributed by atoms with Gasteiger partial charge in [-0.1, -0.05) is 58.9 Å². The molecule has 236 valence electrons.